The molecule has 4 nitrogen and oxygen atoms in total. The molecular weight excluding hydrogens is 204 g/mol. The maximum atomic E-state index is 12.3. The summed E-state index contributed by atoms with van der Waals surface area (Å²) in [6.07, 6.45) is 0.132. The van der Waals surface area contributed by atoms with Crippen LogP contribution in [0.3, 0.4) is 0 Å². The van der Waals surface area contributed by atoms with E-state index < -0.39 is 0 Å². The smallest absolute Gasteiger partial charge is 0.320 e. The molecule has 0 spiro atoms. The van der Waals surface area contributed by atoms with Gasteiger partial charge in [-0.25, -0.2) is 4.79 Å². The van der Waals surface area contributed by atoms with Gasteiger partial charge < -0.3 is 14.5 Å². The van der Waals surface area contributed by atoms with Crippen LogP contribution in [-0.4, -0.2) is 53.7 Å². The molecule has 0 radical (unpaired) electrons. The largest absolute Gasteiger partial charge is 0.374 e. The number of hydrogen-bond donors (Lipinski definition) is 0. The monoisotopic (exact) mass is 228 g/mol. The summed E-state index contributed by atoms with van der Waals surface area (Å²) in [4.78, 5) is 16.1. The van der Waals surface area contributed by atoms with Crippen molar-refractivity contribution in [2.24, 2.45) is 0 Å². The number of rotatable bonds is 2. The Morgan fingerprint density at radius 3 is 2.50 bits per heavy atom. The van der Waals surface area contributed by atoms with Gasteiger partial charge >= 0.3 is 6.03 Å². The van der Waals surface area contributed by atoms with Crippen LogP contribution in [0.2, 0.25) is 0 Å². The Morgan fingerprint density at radius 2 is 2.00 bits per heavy atom. The van der Waals surface area contributed by atoms with E-state index in [2.05, 4.69) is 13.8 Å². The molecule has 1 saturated heterocycles. The van der Waals surface area contributed by atoms with E-state index in [1.165, 1.54) is 0 Å². The highest BCUT2D eigenvalue weighted by Crippen LogP contribution is 2.23. The van der Waals surface area contributed by atoms with Crippen molar-refractivity contribution in [3.05, 3.63) is 0 Å². The minimum atomic E-state index is -0.202. The van der Waals surface area contributed by atoms with E-state index >= 15 is 0 Å². The number of carbonyl (C=O) groups excluding carboxylic acids is 1. The number of morpholine rings is 1. The molecule has 94 valence electrons. The van der Waals surface area contributed by atoms with Crippen LogP contribution in [0, 0.1) is 0 Å². The molecule has 1 heterocycles. The number of ether oxygens (including phenoxy) is 1. The summed E-state index contributed by atoms with van der Waals surface area (Å²) in [6, 6.07) is 0.130. The predicted molar refractivity (Wildman–Crippen MR) is 64.5 cm³/mol. The van der Waals surface area contributed by atoms with Crippen molar-refractivity contribution < 1.29 is 9.53 Å². The first-order valence-corrected chi connectivity index (χ1v) is 6.10. The van der Waals surface area contributed by atoms with E-state index in [0.29, 0.717) is 13.2 Å². The van der Waals surface area contributed by atoms with Crippen LogP contribution >= 0.6 is 0 Å². The second-order valence-electron chi connectivity index (χ2n) is 5.00. The summed E-state index contributed by atoms with van der Waals surface area (Å²) in [5, 5.41) is 0. The first-order chi connectivity index (χ1) is 7.42. The average Bonchev–Trinajstić information content (AvgIpc) is 2.23. The number of hydrogen-bond acceptors (Lipinski definition) is 2. The molecule has 0 bridgehead atoms. The summed E-state index contributed by atoms with van der Waals surface area (Å²) in [5.41, 5.74) is -0.202. The SMILES string of the molecule is CCN(CC)C(=O)N1CC(C)OCC1(C)C. The Hall–Kier alpha value is -0.770. The van der Waals surface area contributed by atoms with E-state index in [1.807, 2.05) is 30.6 Å². The summed E-state index contributed by atoms with van der Waals surface area (Å²) in [6.45, 7) is 13.0. The molecule has 4 heteroatoms. The summed E-state index contributed by atoms with van der Waals surface area (Å²) in [5.74, 6) is 0. The van der Waals surface area contributed by atoms with Crippen LogP contribution in [-0.2, 0) is 4.74 Å². The van der Waals surface area contributed by atoms with E-state index in [0.717, 1.165) is 13.1 Å². The topological polar surface area (TPSA) is 32.8 Å². The molecule has 0 saturated carbocycles. The van der Waals surface area contributed by atoms with Crippen LogP contribution in [0.15, 0.2) is 0 Å². The third-order valence-electron chi connectivity index (χ3n) is 3.16. The Labute approximate surface area is 98.5 Å². The molecule has 2 amide bonds. The first kappa shape index (κ1) is 13.3. The van der Waals surface area contributed by atoms with Crippen LogP contribution < -0.4 is 0 Å². The third-order valence-corrected chi connectivity index (χ3v) is 3.16. The molecule has 1 aliphatic rings. The lowest BCUT2D eigenvalue weighted by Gasteiger charge is -2.46. The minimum Gasteiger partial charge on any atom is -0.374 e. The van der Waals surface area contributed by atoms with Gasteiger partial charge in [0.2, 0.25) is 0 Å². The average molecular weight is 228 g/mol. The Balaban J connectivity index is 2.78. The number of urea groups is 1. The third kappa shape index (κ3) is 2.67. The van der Waals surface area contributed by atoms with Gasteiger partial charge in [0.05, 0.1) is 18.2 Å². The van der Waals surface area contributed by atoms with Crippen molar-refractivity contribution in [2.45, 2.75) is 46.3 Å². The lowest BCUT2D eigenvalue weighted by Crippen LogP contribution is -2.60. The second-order valence-corrected chi connectivity index (χ2v) is 5.00. The maximum Gasteiger partial charge on any atom is 0.320 e. The summed E-state index contributed by atoms with van der Waals surface area (Å²) < 4.78 is 5.61. The number of carbonyl (C=O) groups is 1. The molecule has 1 fully saturated rings. The number of nitrogens with zero attached hydrogens (tertiary/aromatic N) is 2. The second kappa shape index (κ2) is 5.04. The molecule has 1 atom stereocenters. The van der Waals surface area contributed by atoms with E-state index in [1.54, 1.807) is 0 Å². The van der Waals surface area contributed by atoms with Gasteiger partial charge in [-0.05, 0) is 34.6 Å². The van der Waals surface area contributed by atoms with Gasteiger partial charge in [-0.15, -0.1) is 0 Å². The molecule has 1 aliphatic heterocycles. The molecule has 0 N–H and O–H groups in total. The zero-order valence-corrected chi connectivity index (χ0v) is 11.1. The fourth-order valence-electron chi connectivity index (χ4n) is 1.98. The molecule has 1 rings (SSSR count). The fraction of sp³-hybridized carbons (Fsp3) is 0.917. The molecule has 0 aliphatic carbocycles. The van der Waals surface area contributed by atoms with Crippen LogP contribution in [0.25, 0.3) is 0 Å². The molecular formula is C12H24N2O2. The van der Waals surface area contributed by atoms with E-state index in [4.69, 9.17) is 4.74 Å². The predicted octanol–water partition coefficient (Wildman–Crippen LogP) is 1.95. The molecule has 1 unspecified atom stereocenters. The zero-order chi connectivity index (χ0) is 12.3. The van der Waals surface area contributed by atoms with Gasteiger partial charge in [0.25, 0.3) is 0 Å². The maximum absolute atomic E-state index is 12.3. The minimum absolute atomic E-state index is 0.130. The van der Waals surface area contributed by atoms with Crippen molar-refractivity contribution in [1.82, 2.24) is 9.80 Å². The van der Waals surface area contributed by atoms with Crippen LogP contribution in [0.4, 0.5) is 4.79 Å². The van der Waals surface area contributed by atoms with E-state index in [-0.39, 0.29) is 17.7 Å². The summed E-state index contributed by atoms with van der Waals surface area (Å²) in [7, 11) is 0. The lowest BCUT2D eigenvalue weighted by atomic mass is 10.0. The first-order valence-electron chi connectivity index (χ1n) is 6.10. The number of amides is 2. The Kier molecular flexibility index (Phi) is 4.19. The molecule has 0 aromatic carbocycles. The van der Waals surface area contributed by atoms with Gasteiger partial charge in [-0.3, -0.25) is 0 Å². The van der Waals surface area contributed by atoms with Gasteiger partial charge in [0, 0.05) is 19.6 Å². The van der Waals surface area contributed by atoms with Gasteiger partial charge in [0.1, 0.15) is 0 Å². The highest BCUT2D eigenvalue weighted by atomic mass is 16.5. The van der Waals surface area contributed by atoms with Crippen LogP contribution in [0.5, 0.6) is 0 Å². The fourth-order valence-corrected chi connectivity index (χ4v) is 1.98. The van der Waals surface area contributed by atoms with E-state index in [9.17, 15) is 4.79 Å². The molecule has 16 heavy (non-hydrogen) atoms. The molecule has 0 aromatic heterocycles. The van der Waals surface area contributed by atoms with Gasteiger partial charge in [0.15, 0.2) is 0 Å². The van der Waals surface area contributed by atoms with Crippen LogP contribution in [0.1, 0.15) is 34.6 Å². The highest BCUT2D eigenvalue weighted by molar-refractivity contribution is 5.75. The quantitative estimate of drug-likeness (QED) is 0.723. The zero-order valence-electron chi connectivity index (χ0n) is 11.1. The van der Waals surface area contributed by atoms with Crippen molar-refractivity contribution >= 4 is 6.03 Å². The van der Waals surface area contributed by atoms with Crippen molar-refractivity contribution in [1.29, 1.82) is 0 Å². The van der Waals surface area contributed by atoms with Crippen molar-refractivity contribution in [3.8, 4) is 0 Å². The standard InChI is InChI=1S/C12H24N2O2/c1-6-13(7-2)11(15)14-8-10(3)16-9-12(14,4)5/h10H,6-9H2,1-5H3. The highest BCUT2D eigenvalue weighted by Gasteiger charge is 2.38. The summed E-state index contributed by atoms with van der Waals surface area (Å²) >= 11 is 0. The Morgan fingerprint density at radius 1 is 1.44 bits per heavy atom. The Bertz CT molecular complexity index is 249. The van der Waals surface area contributed by atoms with Gasteiger partial charge in [-0.2, -0.15) is 0 Å². The van der Waals surface area contributed by atoms with Crippen molar-refractivity contribution in [2.75, 3.05) is 26.2 Å². The normalized spacial score (nSPS) is 24.3. The lowest BCUT2D eigenvalue weighted by molar-refractivity contribution is -0.0754. The van der Waals surface area contributed by atoms with Crippen molar-refractivity contribution in [3.63, 3.8) is 0 Å². The van der Waals surface area contributed by atoms with Gasteiger partial charge in [-0.1, -0.05) is 0 Å². The molecule has 0 aromatic rings.